The molecular weight excluding hydrogens is 299 g/mol. The van der Waals surface area contributed by atoms with Gasteiger partial charge >= 0.3 is 6.18 Å². The smallest absolute Gasteiger partial charge is 0.303 e. The first kappa shape index (κ1) is 17.5. The van der Waals surface area contributed by atoms with Crippen LogP contribution in [0.2, 0.25) is 0 Å². The maximum absolute atomic E-state index is 12.9. The van der Waals surface area contributed by atoms with Crippen LogP contribution in [0.5, 0.6) is 0 Å². The predicted octanol–water partition coefficient (Wildman–Crippen LogP) is 5.48. The van der Waals surface area contributed by atoms with Gasteiger partial charge in [0.15, 0.2) is 0 Å². The number of nitrogens with zero attached hydrogens (tertiary/aromatic N) is 1. The Hall–Kier alpha value is -1.81. The van der Waals surface area contributed by atoms with Gasteiger partial charge in [-0.3, -0.25) is 0 Å². The molecule has 2 aromatic rings. The van der Waals surface area contributed by atoms with Crippen molar-refractivity contribution in [3.8, 4) is 0 Å². The SMILES string of the molecule is CC(c1cccc(C(F)(F)F)c1)c1ccccc1C(C)N(C)C. The number of halogens is 3. The van der Waals surface area contributed by atoms with Crippen LogP contribution >= 0.6 is 0 Å². The van der Waals surface area contributed by atoms with Crippen LogP contribution in [0.1, 0.15) is 48.1 Å². The summed E-state index contributed by atoms with van der Waals surface area (Å²) < 4.78 is 38.8. The zero-order chi connectivity index (χ0) is 17.2. The van der Waals surface area contributed by atoms with E-state index in [1.165, 1.54) is 12.1 Å². The summed E-state index contributed by atoms with van der Waals surface area (Å²) in [6.45, 7) is 4.05. The van der Waals surface area contributed by atoms with Gasteiger partial charge in [0.25, 0.3) is 0 Å². The Labute approximate surface area is 135 Å². The van der Waals surface area contributed by atoms with Crippen molar-refractivity contribution >= 4 is 0 Å². The molecule has 0 bridgehead atoms. The van der Waals surface area contributed by atoms with Crippen molar-refractivity contribution < 1.29 is 13.2 Å². The van der Waals surface area contributed by atoms with Crippen LogP contribution in [0.25, 0.3) is 0 Å². The monoisotopic (exact) mass is 321 g/mol. The molecule has 0 spiro atoms. The summed E-state index contributed by atoms with van der Waals surface area (Å²) in [5.41, 5.74) is 2.29. The van der Waals surface area contributed by atoms with Crippen LogP contribution in [-0.4, -0.2) is 19.0 Å². The van der Waals surface area contributed by atoms with Crippen LogP contribution < -0.4 is 0 Å². The first-order valence-electron chi connectivity index (χ1n) is 7.64. The van der Waals surface area contributed by atoms with Crippen LogP contribution in [0.4, 0.5) is 13.2 Å². The fourth-order valence-electron chi connectivity index (χ4n) is 2.73. The summed E-state index contributed by atoms with van der Waals surface area (Å²) >= 11 is 0. The molecule has 124 valence electrons. The molecule has 0 aromatic heterocycles. The van der Waals surface area contributed by atoms with E-state index in [0.29, 0.717) is 5.56 Å². The first-order chi connectivity index (χ1) is 10.7. The number of rotatable bonds is 4. The second kappa shape index (κ2) is 6.75. The van der Waals surface area contributed by atoms with Gasteiger partial charge in [0.2, 0.25) is 0 Å². The Bertz CT molecular complexity index is 662. The maximum Gasteiger partial charge on any atom is 0.416 e. The van der Waals surface area contributed by atoms with Gasteiger partial charge < -0.3 is 4.90 Å². The van der Waals surface area contributed by atoms with Gasteiger partial charge in [-0.15, -0.1) is 0 Å². The number of hydrogen-bond acceptors (Lipinski definition) is 1. The Balaban J connectivity index is 2.44. The van der Waals surface area contributed by atoms with E-state index in [0.717, 1.165) is 17.2 Å². The van der Waals surface area contributed by atoms with Crippen molar-refractivity contribution in [3.05, 3.63) is 70.8 Å². The lowest BCUT2D eigenvalue weighted by molar-refractivity contribution is -0.137. The summed E-state index contributed by atoms with van der Waals surface area (Å²) in [7, 11) is 3.99. The van der Waals surface area contributed by atoms with Gasteiger partial charge in [0, 0.05) is 12.0 Å². The molecule has 0 aliphatic carbocycles. The normalized spacial score (nSPS) is 14.8. The molecule has 0 radical (unpaired) electrons. The minimum atomic E-state index is -4.31. The number of benzene rings is 2. The van der Waals surface area contributed by atoms with Crippen molar-refractivity contribution in [2.45, 2.75) is 32.0 Å². The van der Waals surface area contributed by atoms with E-state index in [4.69, 9.17) is 0 Å². The molecule has 2 aromatic carbocycles. The van der Waals surface area contributed by atoms with Gasteiger partial charge in [-0.25, -0.2) is 0 Å². The molecule has 0 fully saturated rings. The second-order valence-electron chi connectivity index (χ2n) is 6.11. The van der Waals surface area contributed by atoms with Crippen LogP contribution in [0.3, 0.4) is 0 Å². The fraction of sp³-hybridized carbons (Fsp3) is 0.368. The lowest BCUT2D eigenvalue weighted by atomic mass is 9.86. The van der Waals surface area contributed by atoms with Gasteiger partial charge in [0.1, 0.15) is 0 Å². The van der Waals surface area contributed by atoms with Crippen LogP contribution in [0, 0.1) is 0 Å². The molecule has 0 aliphatic rings. The summed E-state index contributed by atoms with van der Waals surface area (Å²) in [6.07, 6.45) is -4.31. The van der Waals surface area contributed by atoms with Crippen molar-refractivity contribution in [1.82, 2.24) is 4.90 Å². The summed E-state index contributed by atoms with van der Waals surface area (Å²) in [6, 6.07) is 13.8. The molecule has 0 heterocycles. The third-order valence-corrected chi connectivity index (χ3v) is 4.40. The quantitative estimate of drug-likeness (QED) is 0.721. The van der Waals surface area contributed by atoms with E-state index in [9.17, 15) is 13.2 Å². The third-order valence-electron chi connectivity index (χ3n) is 4.40. The molecular formula is C19H22F3N. The molecule has 2 rings (SSSR count). The minimum Gasteiger partial charge on any atom is -0.303 e. The van der Waals surface area contributed by atoms with E-state index < -0.39 is 11.7 Å². The van der Waals surface area contributed by atoms with Gasteiger partial charge in [0.05, 0.1) is 5.56 Å². The highest BCUT2D eigenvalue weighted by Gasteiger charge is 2.31. The molecule has 2 unspecified atom stereocenters. The fourth-order valence-corrected chi connectivity index (χ4v) is 2.73. The minimum absolute atomic E-state index is 0.101. The second-order valence-corrected chi connectivity index (χ2v) is 6.11. The van der Waals surface area contributed by atoms with Crippen LogP contribution in [-0.2, 0) is 6.18 Å². The number of hydrogen-bond donors (Lipinski definition) is 0. The van der Waals surface area contributed by atoms with Gasteiger partial charge in [-0.2, -0.15) is 13.2 Å². The first-order valence-corrected chi connectivity index (χ1v) is 7.64. The summed E-state index contributed by atoms with van der Waals surface area (Å²) in [5, 5.41) is 0. The summed E-state index contributed by atoms with van der Waals surface area (Å²) in [4.78, 5) is 2.09. The van der Waals surface area contributed by atoms with Gasteiger partial charge in [-0.05, 0) is 43.8 Å². The summed E-state index contributed by atoms with van der Waals surface area (Å²) in [5.74, 6) is -0.101. The average Bonchev–Trinajstić information content (AvgIpc) is 2.52. The van der Waals surface area contributed by atoms with Crippen molar-refractivity contribution in [2.75, 3.05) is 14.1 Å². The van der Waals surface area contributed by atoms with Crippen molar-refractivity contribution in [3.63, 3.8) is 0 Å². The molecule has 0 saturated carbocycles. The molecule has 0 amide bonds. The standard InChI is InChI=1S/C19H22F3N/c1-13(15-8-7-9-16(12-15)19(20,21)22)17-10-5-6-11-18(17)14(2)23(3)4/h5-14H,1-4H3. The molecule has 4 heteroatoms. The molecule has 0 aliphatic heterocycles. The highest BCUT2D eigenvalue weighted by molar-refractivity contribution is 5.40. The molecule has 0 N–H and O–H groups in total. The molecule has 23 heavy (non-hydrogen) atoms. The molecule has 0 saturated heterocycles. The zero-order valence-electron chi connectivity index (χ0n) is 13.9. The Kier molecular flexibility index (Phi) is 5.15. The van der Waals surface area contributed by atoms with E-state index in [2.05, 4.69) is 11.8 Å². The predicted molar refractivity (Wildman–Crippen MR) is 87.5 cm³/mol. The molecule has 2 atom stereocenters. The average molecular weight is 321 g/mol. The topological polar surface area (TPSA) is 3.24 Å². The third kappa shape index (κ3) is 3.94. The lowest BCUT2D eigenvalue weighted by Crippen LogP contribution is -2.19. The lowest BCUT2D eigenvalue weighted by Gasteiger charge is -2.26. The molecule has 1 nitrogen and oxygen atoms in total. The maximum atomic E-state index is 12.9. The van der Waals surface area contributed by atoms with Crippen molar-refractivity contribution in [2.24, 2.45) is 0 Å². The van der Waals surface area contributed by atoms with Crippen LogP contribution in [0.15, 0.2) is 48.5 Å². The zero-order valence-corrected chi connectivity index (χ0v) is 13.9. The van der Waals surface area contributed by atoms with E-state index >= 15 is 0 Å². The van der Waals surface area contributed by atoms with E-state index in [-0.39, 0.29) is 12.0 Å². The van der Waals surface area contributed by atoms with E-state index in [1.54, 1.807) is 6.07 Å². The number of alkyl halides is 3. The van der Waals surface area contributed by atoms with E-state index in [1.807, 2.05) is 45.3 Å². The largest absolute Gasteiger partial charge is 0.416 e. The highest BCUT2D eigenvalue weighted by Crippen LogP contribution is 2.35. The highest BCUT2D eigenvalue weighted by atomic mass is 19.4. The Morgan fingerprint density at radius 2 is 1.48 bits per heavy atom. The van der Waals surface area contributed by atoms with Gasteiger partial charge in [-0.1, -0.05) is 49.4 Å². The Morgan fingerprint density at radius 1 is 0.870 bits per heavy atom. The Morgan fingerprint density at radius 3 is 2.04 bits per heavy atom. The van der Waals surface area contributed by atoms with Crippen molar-refractivity contribution in [1.29, 1.82) is 0 Å².